The zero-order chi connectivity index (χ0) is 21.8. The molecule has 2 saturated heterocycles. The summed E-state index contributed by atoms with van der Waals surface area (Å²) in [6.07, 6.45) is 5.96. The average Bonchev–Trinajstić information content (AvgIpc) is 3.03. The fraction of sp³-hybridized carbons (Fsp3) is 0.667. The first-order valence-corrected chi connectivity index (χ1v) is 12.4. The number of nitrogens with zero attached hydrogens (tertiary/aromatic N) is 1. The summed E-state index contributed by atoms with van der Waals surface area (Å²) in [6, 6.07) is 6.61. The van der Waals surface area contributed by atoms with Gasteiger partial charge < -0.3 is 14.5 Å². The summed E-state index contributed by atoms with van der Waals surface area (Å²) in [5.74, 6) is 1.12. The largest absolute Gasteiger partial charge is 0.462 e. The number of benzene rings is 1. The molecule has 2 heterocycles. The minimum atomic E-state index is 0.0755. The van der Waals surface area contributed by atoms with E-state index < -0.39 is 0 Å². The Labute approximate surface area is 187 Å². The van der Waals surface area contributed by atoms with E-state index in [9.17, 15) is 4.79 Å². The third kappa shape index (κ3) is 3.71. The number of piperazine rings is 1. The van der Waals surface area contributed by atoms with Crippen molar-refractivity contribution in [2.24, 2.45) is 23.2 Å². The molecule has 31 heavy (non-hydrogen) atoms. The molecule has 168 valence electrons. The summed E-state index contributed by atoms with van der Waals surface area (Å²) in [5, 5.41) is 0. The number of aryl methyl sites for hydroxylation is 1. The van der Waals surface area contributed by atoms with Gasteiger partial charge in [-0.3, -0.25) is 4.79 Å². The lowest BCUT2D eigenvalue weighted by Crippen LogP contribution is -3.15. The van der Waals surface area contributed by atoms with Crippen LogP contribution < -0.4 is 9.80 Å². The highest BCUT2D eigenvalue weighted by Crippen LogP contribution is 2.56. The van der Waals surface area contributed by atoms with Gasteiger partial charge in [-0.05, 0) is 74.5 Å². The zero-order valence-corrected chi connectivity index (χ0v) is 19.6. The average molecular weight is 424 g/mol. The van der Waals surface area contributed by atoms with E-state index in [1.165, 1.54) is 41.6 Å². The van der Waals surface area contributed by atoms with Gasteiger partial charge in [0, 0.05) is 11.6 Å². The van der Waals surface area contributed by atoms with E-state index in [1.54, 1.807) is 4.90 Å². The van der Waals surface area contributed by atoms with Crippen LogP contribution in [0, 0.1) is 37.0 Å². The molecular weight excluding hydrogens is 384 g/mol. The molecule has 0 radical (unpaired) electrons. The van der Waals surface area contributed by atoms with Gasteiger partial charge in [0.25, 0.3) is 0 Å². The van der Waals surface area contributed by atoms with Gasteiger partial charge in [-0.25, -0.2) is 0 Å². The van der Waals surface area contributed by atoms with Crippen LogP contribution in [0.15, 0.2) is 30.4 Å². The second kappa shape index (κ2) is 7.95. The van der Waals surface area contributed by atoms with Crippen LogP contribution in [-0.2, 0) is 9.53 Å². The molecule has 4 fully saturated rings. The van der Waals surface area contributed by atoms with Crippen molar-refractivity contribution in [1.82, 2.24) is 0 Å². The van der Waals surface area contributed by atoms with E-state index >= 15 is 0 Å². The molecule has 1 aromatic rings. The van der Waals surface area contributed by atoms with E-state index in [4.69, 9.17) is 4.74 Å². The number of anilines is 1. The summed E-state index contributed by atoms with van der Waals surface area (Å²) >= 11 is 0. The third-order valence-electron chi connectivity index (χ3n) is 9.22. The number of rotatable bonds is 3. The number of fused-ring (bicyclic) bond motifs is 2. The molecule has 0 bridgehead atoms. The van der Waals surface area contributed by atoms with Crippen molar-refractivity contribution in [3.63, 3.8) is 0 Å². The van der Waals surface area contributed by atoms with Crippen molar-refractivity contribution in [3.8, 4) is 0 Å². The number of hydrogen-bond acceptors (Lipinski definition) is 3. The lowest BCUT2D eigenvalue weighted by atomic mass is 9.55. The number of hydrogen-bond donors (Lipinski definition) is 1. The highest BCUT2D eigenvalue weighted by Gasteiger charge is 2.56. The lowest BCUT2D eigenvalue weighted by Gasteiger charge is -2.50. The van der Waals surface area contributed by atoms with Gasteiger partial charge in [0.05, 0.1) is 32.7 Å². The highest BCUT2D eigenvalue weighted by atomic mass is 16.6. The Bertz CT molecular complexity index is 872. The number of ether oxygens (including phenoxy) is 1. The van der Waals surface area contributed by atoms with E-state index in [0.29, 0.717) is 11.8 Å². The molecule has 0 aromatic heterocycles. The van der Waals surface area contributed by atoms with Gasteiger partial charge in [-0.15, -0.1) is 0 Å². The van der Waals surface area contributed by atoms with Crippen LogP contribution in [0.1, 0.15) is 50.2 Å². The number of esters is 1. The Balaban J connectivity index is 1.23. The quantitative estimate of drug-likeness (QED) is 0.598. The molecule has 0 amide bonds. The lowest BCUT2D eigenvalue weighted by molar-refractivity contribution is -0.903. The second-order valence-corrected chi connectivity index (χ2v) is 11.1. The fourth-order valence-corrected chi connectivity index (χ4v) is 7.15. The maximum Gasteiger partial charge on any atom is 0.315 e. The Morgan fingerprint density at radius 1 is 1.26 bits per heavy atom. The molecule has 1 N–H and O–H groups in total. The Hall–Kier alpha value is -1.81. The van der Waals surface area contributed by atoms with Crippen molar-refractivity contribution in [2.45, 2.75) is 59.0 Å². The summed E-state index contributed by atoms with van der Waals surface area (Å²) in [5.41, 5.74) is 5.85. The van der Waals surface area contributed by atoms with Crippen molar-refractivity contribution >= 4 is 11.7 Å². The second-order valence-electron chi connectivity index (χ2n) is 11.1. The van der Waals surface area contributed by atoms with Gasteiger partial charge >= 0.3 is 5.97 Å². The standard InChI is InChI=1S/C27H38N2O2/c1-18-7-5-9-24(20(18)3)29-13-11-28(12-14-29)17-22-21-15-23-19(2)8-6-10-27(23,4)16-25(21)31-26(22)30/h5,7,9,21-23,25H,2,6,8,10-17H2,1,3-4H3/p+1/t21-,22+,23-,25-,27+/m1/s1. The Morgan fingerprint density at radius 2 is 2.03 bits per heavy atom. The van der Waals surface area contributed by atoms with Crippen molar-refractivity contribution in [2.75, 3.05) is 37.6 Å². The molecule has 0 unspecified atom stereocenters. The number of quaternary nitrogens is 1. The van der Waals surface area contributed by atoms with Gasteiger partial charge in [0.15, 0.2) is 0 Å². The van der Waals surface area contributed by atoms with Crippen LogP contribution in [-0.4, -0.2) is 44.8 Å². The minimum absolute atomic E-state index is 0.0755. The van der Waals surface area contributed by atoms with Gasteiger partial charge in [-0.2, -0.15) is 0 Å². The molecule has 4 aliphatic rings. The van der Waals surface area contributed by atoms with E-state index in [0.717, 1.165) is 45.6 Å². The number of nitrogens with one attached hydrogen (secondary N) is 1. The SMILES string of the molecule is C=C1CCC[C@@]2(C)C[C@H]3OC(=O)[C@@H](C[NH+]4CCN(c5cccc(C)c5C)CC4)[C@H]3C[C@H]12. The number of allylic oxidation sites excluding steroid dienone is 1. The van der Waals surface area contributed by atoms with Crippen LogP contribution in [0.4, 0.5) is 5.69 Å². The van der Waals surface area contributed by atoms with Gasteiger partial charge in [0.2, 0.25) is 0 Å². The first kappa shape index (κ1) is 21.1. The summed E-state index contributed by atoms with van der Waals surface area (Å²) in [4.78, 5) is 17.0. The van der Waals surface area contributed by atoms with E-state index in [1.807, 2.05) is 0 Å². The molecule has 1 aromatic carbocycles. The maximum absolute atomic E-state index is 12.9. The van der Waals surface area contributed by atoms with Crippen molar-refractivity contribution < 1.29 is 14.4 Å². The predicted molar refractivity (Wildman–Crippen MR) is 124 cm³/mol. The number of carbonyl (C=O) groups is 1. The molecular formula is C27H39N2O2+. The van der Waals surface area contributed by atoms with Crippen LogP contribution in [0.25, 0.3) is 0 Å². The Morgan fingerprint density at radius 3 is 2.81 bits per heavy atom. The molecule has 2 aliphatic heterocycles. The summed E-state index contributed by atoms with van der Waals surface area (Å²) in [6.45, 7) is 16.5. The van der Waals surface area contributed by atoms with E-state index in [-0.39, 0.29) is 23.4 Å². The first-order chi connectivity index (χ1) is 14.9. The zero-order valence-electron chi connectivity index (χ0n) is 19.6. The fourth-order valence-electron chi connectivity index (χ4n) is 7.15. The predicted octanol–water partition coefficient (Wildman–Crippen LogP) is 3.32. The van der Waals surface area contributed by atoms with Crippen LogP contribution in [0.5, 0.6) is 0 Å². The molecule has 2 saturated carbocycles. The third-order valence-corrected chi connectivity index (χ3v) is 9.22. The van der Waals surface area contributed by atoms with Gasteiger partial charge in [0.1, 0.15) is 12.0 Å². The van der Waals surface area contributed by atoms with Crippen LogP contribution in [0.2, 0.25) is 0 Å². The van der Waals surface area contributed by atoms with Gasteiger partial charge in [-0.1, -0.05) is 31.2 Å². The first-order valence-electron chi connectivity index (χ1n) is 12.4. The number of carbonyl (C=O) groups excluding carboxylic acids is 1. The highest BCUT2D eigenvalue weighted by molar-refractivity contribution is 5.75. The van der Waals surface area contributed by atoms with Crippen LogP contribution in [0.3, 0.4) is 0 Å². The minimum Gasteiger partial charge on any atom is -0.462 e. The van der Waals surface area contributed by atoms with E-state index in [2.05, 4.69) is 50.4 Å². The molecule has 5 rings (SSSR count). The summed E-state index contributed by atoms with van der Waals surface area (Å²) in [7, 11) is 0. The molecule has 0 spiro atoms. The Kier molecular flexibility index (Phi) is 5.40. The van der Waals surface area contributed by atoms with Crippen LogP contribution >= 0.6 is 0 Å². The monoisotopic (exact) mass is 423 g/mol. The summed E-state index contributed by atoms with van der Waals surface area (Å²) < 4.78 is 6.00. The maximum atomic E-state index is 12.9. The smallest absolute Gasteiger partial charge is 0.315 e. The molecule has 5 atom stereocenters. The molecule has 2 aliphatic carbocycles. The molecule has 4 nitrogen and oxygen atoms in total. The molecule has 4 heteroatoms. The van der Waals surface area contributed by atoms with Crippen molar-refractivity contribution in [1.29, 1.82) is 0 Å². The van der Waals surface area contributed by atoms with Crippen molar-refractivity contribution in [3.05, 3.63) is 41.5 Å². The normalized spacial score (nSPS) is 36.2. The topological polar surface area (TPSA) is 34.0 Å².